The van der Waals surface area contributed by atoms with Gasteiger partial charge in [0.1, 0.15) is 23.7 Å². The van der Waals surface area contributed by atoms with E-state index in [9.17, 15) is 24.3 Å². The highest BCUT2D eigenvalue weighted by Crippen LogP contribution is 2.53. The number of anilines is 1. The van der Waals surface area contributed by atoms with Crippen LogP contribution in [0.5, 0.6) is 0 Å². The molecule has 3 amide bonds. The molecule has 0 aliphatic carbocycles. The minimum atomic E-state index is -1.45. The first-order valence-corrected chi connectivity index (χ1v) is 16.7. The first kappa shape index (κ1) is 32.9. The van der Waals surface area contributed by atoms with Crippen LogP contribution in [0.3, 0.4) is 0 Å². The Hall–Kier alpha value is -3.99. The Morgan fingerprint density at radius 3 is 2.57 bits per heavy atom. The summed E-state index contributed by atoms with van der Waals surface area (Å²) in [6.45, 7) is 2.43. The van der Waals surface area contributed by atoms with Crippen LogP contribution >= 0.6 is 11.6 Å². The zero-order chi connectivity index (χ0) is 33.1. The molecule has 2 fully saturated rings. The Kier molecular flexibility index (Phi) is 9.82. The summed E-state index contributed by atoms with van der Waals surface area (Å²) in [6.07, 6.45) is 7.85. The van der Waals surface area contributed by atoms with Crippen molar-refractivity contribution in [2.24, 2.45) is 11.8 Å². The lowest BCUT2D eigenvalue weighted by atomic mass is 9.78. The molecule has 0 aromatic heterocycles. The van der Waals surface area contributed by atoms with E-state index < -0.39 is 41.7 Å². The minimum absolute atomic E-state index is 0.0270. The van der Waals surface area contributed by atoms with Gasteiger partial charge in [0.05, 0.1) is 29.3 Å². The molecule has 1 spiro atoms. The fraction of sp³-hybridized carbons (Fsp3) is 0.444. The average Bonchev–Trinajstić information content (AvgIpc) is 3.44. The number of benzene rings is 2. The Morgan fingerprint density at radius 1 is 1.00 bits per heavy atom. The number of ether oxygens (including phenoxy) is 2. The SMILES string of the molecule is Cc1cccc(Cl)c1N1CC=C[C@]23O[C@@H]4/C=C\CCC(=O)NC[C@@H](c5ccccc5)OC(=O)[C@@H]4[C@H]2C(=O)N(CCCCCO)[C@@H]3C1=O. The highest BCUT2D eigenvalue weighted by atomic mass is 35.5. The first-order chi connectivity index (χ1) is 22.8. The second kappa shape index (κ2) is 14.0. The predicted octanol–water partition coefficient (Wildman–Crippen LogP) is 4.05. The van der Waals surface area contributed by atoms with Crippen LogP contribution in [0.15, 0.2) is 72.8 Å². The van der Waals surface area contributed by atoms with Gasteiger partial charge < -0.3 is 29.7 Å². The summed E-state index contributed by atoms with van der Waals surface area (Å²) in [4.78, 5) is 59.4. The third kappa shape index (κ3) is 6.22. The van der Waals surface area contributed by atoms with E-state index in [0.29, 0.717) is 42.0 Å². The number of fused-ring (bicyclic) bond motifs is 2. The third-order valence-electron chi connectivity index (χ3n) is 9.56. The van der Waals surface area contributed by atoms with Gasteiger partial charge in [0.15, 0.2) is 0 Å². The molecule has 248 valence electrons. The van der Waals surface area contributed by atoms with Crippen LogP contribution in [0, 0.1) is 18.8 Å². The number of carbonyl (C=O) groups is 4. The van der Waals surface area contributed by atoms with Crippen LogP contribution in [-0.2, 0) is 28.7 Å². The van der Waals surface area contributed by atoms with Gasteiger partial charge in [-0.1, -0.05) is 78.4 Å². The number of hydrogen-bond acceptors (Lipinski definition) is 7. The van der Waals surface area contributed by atoms with Gasteiger partial charge in [-0.05, 0) is 49.8 Å². The lowest BCUT2D eigenvalue weighted by Crippen LogP contribution is -2.55. The van der Waals surface area contributed by atoms with Gasteiger partial charge in [0.25, 0.3) is 5.91 Å². The van der Waals surface area contributed by atoms with Gasteiger partial charge in [-0.15, -0.1) is 0 Å². The number of amides is 3. The lowest BCUT2D eigenvalue weighted by Gasteiger charge is -2.36. The fourth-order valence-corrected chi connectivity index (χ4v) is 7.71. The summed E-state index contributed by atoms with van der Waals surface area (Å²) >= 11 is 6.65. The number of aliphatic hydroxyl groups is 1. The number of nitrogens with one attached hydrogen (secondary N) is 1. The monoisotopic (exact) mass is 661 g/mol. The molecule has 0 unspecified atom stereocenters. The average molecular weight is 662 g/mol. The summed E-state index contributed by atoms with van der Waals surface area (Å²) in [6, 6.07) is 13.5. The van der Waals surface area contributed by atoms with Crippen molar-refractivity contribution < 1.29 is 33.8 Å². The van der Waals surface area contributed by atoms with Gasteiger partial charge in [-0.2, -0.15) is 0 Å². The summed E-state index contributed by atoms with van der Waals surface area (Å²) in [5.74, 6) is -3.60. The van der Waals surface area contributed by atoms with Crippen LogP contribution in [0.1, 0.15) is 49.3 Å². The highest BCUT2D eigenvalue weighted by Gasteiger charge is 2.71. The van der Waals surface area contributed by atoms with Crippen LogP contribution in [0.4, 0.5) is 5.69 Å². The number of hydrogen-bond donors (Lipinski definition) is 2. The molecule has 6 atom stereocenters. The predicted molar refractivity (Wildman–Crippen MR) is 175 cm³/mol. The molecule has 10 nitrogen and oxygen atoms in total. The van der Waals surface area contributed by atoms with Crippen molar-refractivity contribution in [3.05, 3.63) is 89.0 Å². The van der Waals surface area contributed by atoms with Crippen molar-refractivity contribution in [2.45, 2.75) is 62.9 Å². The summed E-state index contributed by atoms with van der Waals surface area (Å²) in [5.41, 5.74) is 0.615. The number of unbranched alkanes of at least 4 members (excludes halogenated alkanes) is 2. The number of para-hydroxylation sites is 1. The van der Waals surface area contributed by atoms with Crippen LogP contribution < -0.4 is 10.2 Å². The van der Waals surface area contributed by atoms with Crippen molar-refractivity contribution in [2.75, 3.05) is 31.1 Å². The van der Waals surface area contributed by atoms with Crippen molar-refractivity contribution in [3.63, 3.8) is 0 Å². The van der Waals surface area contributed by atoms with Gasteiger partial charge in [0, 0.05) is 26.1 Å². The van der Waals surface area contributed by atoms with Crippen molar-refractivity contribution >= 4 is 41.0 Å². The molecule has 0 saturated carbocycles. The summed E-state index contributed by atoms with van der Waals surface area (Å²) < 4.78 is 12.9. The summed E-state index contributed by atoms with van der Waals surface area (Å²) in [7, 11) is 0. The van der Waals surface area contributed by atoms with E-state index in [0.717, 1.165) is 5.56 Å². The maximum Gasteiger partial charge on any atom is 0.313 e. The molecule has 2 aromatic carbocycles. The van der Waals surface area contributed by atoms with Crippen LogP contribution in [0.25, 0.3) is 0 Å². The Balaban J connectivity index is 1.42. The third-order valence-corrected chi connectivity index (χ3v) is 9.86. The number of aliphatic hydroxyl groups excluding tert-OH is 1. The standard InChI is InChI=1S/C36H40ClN3O7/c1-23-12-10-15-25(37)31(23)39-20-11-18-36-30(33(43)40(32(36)34(39)44)19-8-3-9-21-41)29-26(47-36)16-6-7-17-28(42)38-22-27(46-35(29)45)24-13-4-2-5-14-24/h2,4-6,10-16,18,26-27,29-30,32,41H,3,7-9,17,19-22H2,1H3,(H,38,42)/b16-6-/t26-,27+,29+,30+,32-,36+/m1/s1. The molecule has 2 saturated heterocycles. The molecule has 4 aliphatic heterocycles. The topological polar surface area (TPSA) is 125 Å². The Labute approximate surface area is 279 Å². The van der Waals surface area contributed by atoms with E-state index in [4.69, 9.17) is 21.1 Å². The number of esters is 1. The first-order valence-electron chi connectivity index (χ1n) is 16.3. The molecule has 11 heteroatoms. The number of likely N-dealkylation sites (tertiary alicyclic amines) is 1. The molecule has 2 N–H and O–H groups in total. The van der Waals surface area contributed by atoms with E-state index in [1.807, 2.05) is 55.5 Å². The van der Waals surface area contributed by atoms with E-state index in [1.165, 1.54) is 0 Å². The van der Waals surface area contributed by atoms with Crippen LogP contribution in [-0.4, -0.2) is 77.7 Å². The zero-order valence-electron chi connectivity index (χ0n) is 26.3. The van der Waals surface area contributed by atoms with Crippen molar-refractivity contribution in [1.29, 1.82) is 0 Å². The molecule has 47 heavy (non-hydrogen) atoms. The number of halogens is 1. The molecular formula is C36H40ClN3O7. The normalized spacial score (nSPS) is 30.0. The second-order valence-corrected chi connectivity index (χ2v) is 12.9. The summed E-state index contributed by atoms with van der Waals surface area (Å²) in [5, 5.41) is 12.6. The second-order valence-electron chi connectivity index (χ2n) is 12.5. The number of allylic oxidation sites excluding steroid dienone is 1. The largest absolute Gasteiger partial charge is 0.455 e. The van der Waals surface area contributed by atoms with Gasteiger partial charge in [-0.3, -0.25) is 19.2 Å². The molecular weight excluding hydrogens is 622 g/mol. The van der Waals surface area contributed by atoms with E-state index in [2.05, 4.69) is 5.32 Å². The number of aryl methyl sites for hydroxylation is 1. The molecule has 4 heterocycles. The van der Waals surface area contributed by atoms with Gasteiger partial charge in [-0.25, -0.2) is 0 Å². The molecule has 0 bridgehead atoms. The lowest BCUT2D eigenvalue weighted by molar-refractivity contribution is -0.159. The molecule has 4 aliphatic rings. The van der Waals surface area contributed by atoms with E-state index in [1.54, 1.807) is 34.1 Å². The number of rotatable bonds is 7. The van der Waals surface area contributed by atoms with Crippen LogP contribution in [0.2, 0.25) is 5.02 Å². The molecule has 6 rings (SSSR count). The highest BCUT2D eigenvalue weighted by molar-refractivity contribution is 6.34. The number of cyclic esters (lactones) is 1. The number of nitrogens with zero attached hydrogens (tertiary/aromatic N) is 2. The minimum Gasteiger partial charge on any atom is -0.455 e. The Bertz CT molecular complexity index is 1560. The maximum absolute atomic E-state index is 14.7. The molecule has 0 radical (unpaired) electrons. The van der Waals surface area contributed by atoms with E-state index >= 15 is 0 Å². The van der Waals surface area contributed by atoms with Crippen molar-refractivity contribution in [1.82, 2.24) is 10.2 Å². The zero-order valence-corrected chi connectivity index (χ0v) is 27.1. The Morgan fingerprint density at radius 2 is 1.81 bits per heavy atom. The van der Waals surface area contributed by atoms with E-state index in [-0.39, 0.29) is 50.4 Å². The quantitative estimate of drug-likeness (QED) is 0.261. The maximum atomic E-state index is 14.7. The van der Waals surface area contributed by atoms with Crippen molar-refractivity contribution in [3.8, 4) is 0 Å². The molecule has 2 aromatic rings. The van der Waals surface area contributed by atoms with Gasteiger partial charge >= 0.3 is 5.97 Å². The fourth-order valence-electron chi connectivity index (χ4n) is 7.38. The number of carbonyl (C=O) groups excluding carboxylic acids is 4. The van der Waals surface area contributed by atoms with Gasteiger partial charge in [0.2, 0.25) is 11.8 Å². The smallest absolute Gasteiger partial charge is 0.313 e.